The number of halogens is 3. The molecule has 1 saturated heterocycles. The number of thioether (sulfide) groups is 1. The van der Waals surface area contributed by atoms with Gasteiger partial charge in [-0.15, -0.1) is 0 Å². The van der Waals surface area contributed by atoms with Crippen LogP contribution >= 0.6 is 11.8 Å². The first kappa shape index (κ1) is 16.1. The van der Waals surface area contributed by atoms with E-state index in [4.69, 9.17) is 0 Å². The zero-order chi connectivity index (χ0) is 16.4. The molecular formula is C14H14F3N3O2S. The van der Waals surface area contributed by atoms with Gasteiger partial charge in [0.25, 0.3) is 0 Å². The minimum Gasteiger partial charge on any atom is -0.433 e. The van der Waals surface area contributed by atoms with Crippen LogP contribution in [-0.2, 0) is 11.0 Å². The minimum absolute atomic E-state index is 0.0284. The van der Waals surface area contributed by atoms with E-state index in [-0.39, 0.29) is 23.0 Å². The predicted molar refractivity (Wildman–Crippen MR) is 81.4 cm³/mol. The molecule has 2 aromatic rings. The number of anilines is 1. The molecule has 2 heterocycles. The van der Waals surface area contributed by atoms with Crippen molar-refractivity contribution in [2.24, 2.45) is 0 Å². The third-order valence-electron chi connectivity index (χ3n) is 3.34. The maximum absolute atomic E-state index is 12.6. The normalized spacial score (nSPS) is 19.0. The van der Waals surface area contributed by atoms with Gasteiger partial charge in [-0.05, 0) is 18.2 Å². The topological polar surface area (TPSA) is 67.2 Å². The average molecular weight is 345 g/mol. The maximum atomic E-state index is 12.6. The van der Waals surface area contributed by atoms with Gasteiger partial charge < -0.3 is 15.1 Å². The number of nitrogens with one attached hydrogen (secondary N) is 2. The van der Waals surface area contributed by atoms with Crippen LogP contribution in [0.15, 0.2) is 22.6 Å². The van der Waals surface area contributed by atoms with Crippen molar-refractivity contribution in [3.63, 3.8) is 0 Å². The Labute approximate surface area is 134 Å². The molecule has 0 bridgehead atoms. The van der Waals surface area contributed by atoms with Crippen molar-refractivity contribution in [3.05, 3.63) is 24.1 Å². The molecule has 1 unspecified atom stereocenters. The van der Waals surface area contributed by atoms with Gasteiger partial charge in [-0.1, -0.05) is 0 Å². The molecule has 0 radical (unpaired) electrons. The van der Waals surface area contributed by atoms with Gasteiger partial charge in [0.2, 0.25) is 5.91 Å². The molecule has 5 nitrogen and oxygen atoms in total. The number of oxazole rings is 1. The lowest BCUT2D eigenvalue weighted by Gasteiger charge is -2.22. The molecule has 1 atom stereocenters. The molecule has 1 amide bonds. The fraction of sp³-hybridized carbons (Fsp3) is 0.429. The van der Waals surface area contributed by atoms with Crippen molar-refractivity contribution in [1.29, 1.82) is 0 Å². The van der Waals surface area contributed by atoms with E-state index >= 15 is 0 Å². The molecule has 0 saturated carbocycles. The number of alkyl halides is 3. The molecule has 0 aliphatic carbocycles. The smallest absolute Gasteiger partial charge is 0.433 e. The second-order valence-corrected chi connectivity index (χ2v) is 6.33. The van der Waals surface area contributed by atoms with Crippen molar-refractivity contribution >= 4 is 34.5 Å². The Kier molecular flexibility index (Phi) is 4.49. The predicted octanol–water partition coefficient (Wildman–Crippen LogP) is 2.88. The van der Waals surface area contributed by atoms with Gasteiger partial charge in [0.1, 0.15) is 5.52 Å². The summed E-state index contributed by atoms with van der Waals surface area (Å²) < 4.78 is 42.3. The molecule has 0 spiro atoms. The summed E-state index contributed by atoms with van der Waals surface area (Å²) >= 11 is 1.79. The van der Waals surface area contributed by atoms with Crippen molar-refractivity contribution in [2.75, 3.05) is 23.4 Å². The highest BCUT2D eigenvalue weighted by Crippen LogP contribution is 2.31. The summed E-state index contributed by atoms with van der Waals surface area (Å²) in [6, 6.07) is 4.34. The average Bonchev–Trinajstić information content (AvgIpc) is 2.91. The summed E-state index contributed by atoms with van der Waals surface area (Å²) in [7, 11) is 0. The van der Waals surface area contributed by atoms with E-state index in [1.807, 2.05) is 0 Å². The number of amides is 1. The van der Waals surface area contributed by atoms with E-state index in [1.165, 1.54) is 18.2 Å². The Bertz CT molecular complexity index is 711. The van der Waals surface area contributed by atoms with Crippen molar-refractivity contribution in [2.45, 2.75) is 18.6 Å². The molecule has 2 N–H and O–H groups in total. The van der Waals surface area contributed by atoms with Crippen LogP contribution < -0.4 is 10.6 Å². The third kappa shape index (κ3) is 3.97. The fourth-order valence-electron chi connectivity index (χ4n) is 2.31. The van der Waals surface area contributed by atoms with Crippen molar-refractivity contribution in [1.82, 2.24) is 10.3 Å². The first-order valence-corrected chi connectivity index (χ1v) is 8.16. The van der Waals surface area contributed by atoms with Gasteiger partial charge in [-0.2, -0.15) is 24.9 Å². The van der Waals surface area contributed by atoms with Crippen molar-refractivity contribution < 1.29 is 22.4 Å². The summed E-state index contributed by atoms with van der Waals surface area (Å²) in [5.74, 6) is 0.413. The number of hydrogen-bond donors (Lipinski definition) is 2. The largest absolute Gasteiger partial charge is 0.468 e. The van der Waals surface area contributed by atoms with E-state index in [0.717, 1.165) is 18.1 Å². The van der Waals surface area contributed by atoms with Crippen LogP contribution in [0.25, 0.3) is 11.1 Å². The first-order chi connectivity index (χ1) is 10.9. The summed E-state index contributed by atoms with van der Waals surface area (Å²) in [5, 5.41) is 5.93. The molecule has 1 aliphatic rings. The van der Waals surface area contributed by atoms with Gasteiger partial charge in [-0.3, -0.25) is 4.79 Å². The van der Waals surface area contributed by atoms with Crippen LogP contribution in [0.5, 0.6) is 0 Å². The highest BCUT2D eigenvalue weighted by molar-refractivity contribution is 7.99. The minimum atomic E-state index is -4.63. The lowest BCUT2D eigenvalue weighted by Crippen LogP contribution is -2.39. The van der Waals surface area contributed by atoms with E-state index in [1.54, 1.807) is 11.8 Å². The molecular weight excluding hydrogens is 331 g/mol. The lowest BCUT2D eigenvalue weighted by molar-refractivity contribution is -0.156. The molecule has 1 fully saturated rings. The first-order valence-electron chi connectivity index (χ1n) is 7.00. The number of hydrogen-bond acceptors (Lipinski definition) is 5. The zero-order valence-corrected chi connectivity index (χ0v) is 12.8. The third-order valence-corrected chi connectivity index (χ3v) is 4.47. The number of benzene rings is 1. The van der Waals surface area contributed by atoms with E-state index < -0.39 is 12.1 Å². The van der Waals surface area contributed by atoms with E-state index in [2.05, 4.69) is 20.0 Å². The highest BCUT2D eigenvalue weighted by Gasteiger charge is 2.37. The van der Waals surface area contributed by atoms with Gasteiger partial charge in [-0.25, -0.2) is 4.98 Å². The molecule has 1 aliphatic heterocycles. The number of nitrogens with zero attached hydrogens (tertiary/aromatic N) is 1. The summed E-state index contributed by atoms with van der Waals surface area (Å²) in [4.78, 5) is 15.4. The highest BCUT2D eigenvalue weighted by atomic mass is 32.2. The number of rotatable bonds is 3. The summed E-state index contributed by atoms with van der Waals surface area (Å²) in [5.41, 5.74) is 0.482. The van der Waals surface area contributed by atoms with Crippen LogP contribution in [-0.4, -0.2) is 35.0 Å². The Balaban J connectivity index is 1.69. The Morgan fingerprint density at radius 1 is 1.48 bits per heavy atom. The molecule has 124 valence electrons. The number of carbonyl (C=O) groups is 1. The van der Waals surface area contributed by atoms with Crippen LogP contribution in [0.2, 0.25) is 0 Å². The number of carbonyl (C=O) groups excluding carboxylic acids is 1. The maximum Gasteiger partial charge on any atom is 0.468 e. The van der Waals surface area contributed by atoms with Crippen LogP contribution in [0, 0.1) is 0 Å². The van der Waals surface area contributed by atoms with Crippen LogP contribution in [0.1, 0.15) is 12.3 Å². The second kappa shape index (κ2) is 6.40. The summed E-state index contributed by atoms with van der Waals surface area (Å²) in [6.45, 7) is 0.869. The van der Waals surface area contributed by atoms with Gasteiger partial charge in [0.05, 0.1) is 0 Å². The monoisotopic (exact) mass is 345 g/mol. The number of aromatic nitrogens is 1. The fourth-order valence-corrected chi connectivity index (χ4v) is 3.26. The van der Waals surface area contributed by atoms with E-state index in [0.29, 0.717) is 12.1 Å². The SMILES string of the molecule is O=C(CC1CSCCN1)Nc1ccc2oc(C(F)(F)F)nc2c1. The van der Waals surface area contributed by atoms with Crippen LogP contribution in [0.4, 0.5) is 18.9 Å². The van der Waals surface area contributed by atoms with Gasteiger partial charge in [0, 0.05) is 36.2 Å². The molecule has 1 aromatic heterocycles. The molecule has 9 heteroatoms. The van der Waals surface area contributed by atoms with Gasteiger partial charge >= 0.3 is 12.1 Å². The van der Waals surface area contributed by atoms with Crippen LogP contribution in [0.3, 0.4) is 0 Å². The Hall–Kier alpha value is -1.74. The van der Waals surface area contributed by atoms with E-state index in [9.17, 15) is 18.0 Å². The van der Waals surface area contributed by atoms with Crippen molar-refractivity contribution in [3.8, 4) is 0 Å². The number of fused-ring (bicyclic) bond motifs is 1. The van der Waals surface area contributed by atoms with Gasteiger partial charge in [0.15, 0.2) is 5.58 Å². The Morgan fingerprint density at radius 2 is 2.30 bits per heavy atom. The zero-order valence-electron chi connectivity index (χ0n) is 11.9. The standard InChI is InChI=1S/C14H14F3N3O2S/c15-14(16,17)13-20-10-5-8(1-2-11(10)22-13)19-12(21)6-9-7-23-4-3-18-9/h1-2,5,9,18H,3-4,6-7H2,(H,19,21). The molecule has 23 heavy (non-hydrogen) atoms. The second-order valence-electron chi connectivity index (χ2n) is 5.18. The quantitative estimate of drug-likeness (QED) is 0.895. The molecule has 1 aromatic carbocycles. The molecule has 3 rings (SSSR count). The Morgan fingerprint density at radius 3 is 3.00 bits per heavy atom. The summed E-state index contributed by atoms with van der Waals surface area (Å²) in [6.07, 6.45) is -4.32. The lowest BCUT2D eigenvalue weighted by atomic mass is 10.2.